The van der Waals surface area contributed by atoms with Gasteiger partial charge in [0.1, 0.15) is 16.8 Å². The third kappa shape index (κ3) is 2.52. The predicted molar refractivity (Wildman–Crippen MR) is 83.9 cm³/mol. The first kappa shape index (κ1) is 16.2. The highest BCUT2D eigenvalue weighted by molar-refractivity contribution is 6.32. The molecule has 1 aliphatic rings. The summed E-state index contributed by atoms with van der Waals surface area (Å²) in [7, 11) is 4.78. The van der Waals surface area contributed by atoms with E-state index in [0.29, 0.717) is 11.1 Å². The van der Waals surface area contributed by atoms with Crippen LogP contribution in [0.3, 0.4) is 0 Å². The van der Waals surface area contributed by atoms with Crippen molar-refractivity contribution >= 4 is 29.1 Å². The van der Waals surface area contributed by atoms with E-state index in [4.69, 9.17) is 11.6 Å². The second-order valence-corrected chi connectivity index (χ2v) is 5.96. The fraction of sp³-hybridized carbons (Fsp3) is 0.312. The summed E-state index contributed by atoms with van der Waals surface area (Å²) in [6.07, 6.45) is 0. The zero-order valence-corrected chi connectivity index (χ0v) is 13.6. The number of carbonyl (C=O) groups excluding carboxylic acids is 3. The lowest BCUT2D eigenvalue weighted by atomic mass is 9.89. The molecule has 0 radical (unpaired) electrons. The minimum Gasteiger partial charge on any atom is -0.373 e. The van der Waals surface area contributed by atoms with Gasteiger partial charge >= 0.3 is 0 Å². The van der Waals surface area contributed by atoms with E-state index in [0.717, 1.165) is 0 Å². The van der Waals surface area contributed by atoms with E-state index in [1.807, 2.05) is 0 Å². The SMILES string of the molecule is CC(Cl)C(=O)N(C)C1=C(N(C)C)C(=O)c2ccccc2C1=O. The molecule has 0 N–H and O–H groups in total. The van der Waals surface area contributed by atoms with Crippen molar-refractivity contribution in [2.75, 3.05) is 21.1 Å². The number of amides is 1. The van der Waals surface area contributed by atoms with Crippen molar-refractivity contribution in [2.24, 2.45) is 0 Å². The van der Waals surface area contributed by atoms with Gasteiger partial charge in [0.2, 0.25) is 17.5 Å². The standard InChI is InChI=1S/C16H17ClN2O3/c1-9(17)16(22)19(4)13-12(18(2)3)14(20)10-7-5-6-8-11(10)15(13)21/h5-9H,1-4H3. The number of halogens is 1. The summed E-state index contributed by atoms with van der Waals surface area (Å²) in [5.74, 6) is -1.07. The van der Waals surface area contributed by atoms with Crippen molar-refractivity contribution in [3.05, 3.63) is 46.8 Å². The summed E-state index contributed by atoms with van der Waals surface area (Å²) in [5, 5.41) is -0.791. The number of carbonyl (C=O) groups is 3. The van der Waals surface area contributed by atoms with Gasteiger partial charge in [-0.1, -0.05) is 24.3 Å². The number of rotatable bonds is 3. The molecule has 116 valence electrons. The van der Waals surface area contributed by atoms with Crippen LogP contribution in [0.4, 0.5) is 0 Å². The van der Waals surface area contributed by atoms with E-state index in [9.17, 15) is 14.4 Å². The van der Waals surface area contributed by atoms with E-state index in [1.54, 1.807) is 43.3 Å². The van der Waals surface area contributed by atoms with Crippen molar-refractivity contribution in [3.8, 4) is 0 Å². The van der Waals surface area contributed by atoms with E-state index in [-0.39, 0.29) is 23.0 Å². The number of alkyl halides is 1. The maximum absolute atomic E-state index is 12.8. The quantitative estimate of drug-likeness (QED) is 0.798. The first-order valence-electron chi connectivity index (χ1n) is 6.79. The molecule has 1 atom stereocenters. The Morgan fingerprint density at radius 2 is 1.45 bits per heavy atom. The lowest BCUT2D eigenvalue weighted by Crippen LogP contribution is -2.41. The number of nitrogens with zero attached hydrogens (tertiary/aromatic N) is 2. The number of likely N-dealkylation sites (N-methyl/N-ethyl adjacent to an activating group) is 2. The topological polar surface area (TPSA) is 57.7 Å². The van der Waals surface area contributed by atoms with Crippen LogP contribution in [0.25, 0.3) is 0 Å². The second kappa shape index (κ2) is 5.93. The number of Topliss-reactive ketones (excluding diaryl/α,β-unsaturated/α-hetero) is 2. The average molecular weight is 321 g/mol. The van der Waals surface area contributed by atoms with Crippen LogP contribution in [0.15, 0.2) is 35.7 Å². The molecule has 0 fully saturated rings. The Bertz CT molecular complexity index is 692. The zero-order chi connectivity index (χ0) is 16.6. The lowest BCUT2D eigenvalue weighted by molar-refractivity contribution is -0.127. The minimum atomic E-state index is -0.791. The first-order valence-corrected chi connectivity index (χ1v) is 7.22. The molecule has 22 heavy (non-hydrogen) atoms. The normalized spacial score (nSPS) is 15.5. The maximum atomic E-state index is 12.8. The van der Waals surface area contributed by atoms with Crippen LogP contribution in [0, 0.1) is 0 Å². The van der Waals surface area contributed by atoms with E-state index in [2.05, 4.69) is 0 Å². The highest BCUT2D eigenvalue weighted by Crippen LogP contribution is 2.29. The van der Waals surface area contributed by atoms with Crippen LogP contribution < -0.4 is 0 Å². The molecule has 0 heterocycles. The molecule has 0 spiro atoms. The minimum absolute atomic E-state index is 0.0613. The average Bonchev–Trinajstić information content (AvgIpc) is 2.48. The number of ketones is 2. The van der Waals surface area contributed by atoms with Gasteiger partial charge < -0.3 is 9.80 Å². The van der Waals surface area contributed by atoms with Gasteiger partial charge in [0.15, 0.2) is 0 Å². The molecule has 0 aromatic heterocycles. The van der Waals surface area contributed by atoms with E-state index >= 15 is 0 Å². The number of fused-ring (bicyclic) bond motifs is 1. The Hall–Kier alpha value is -2.14. The molecule has 5 nitrogen and oxygen atoms in total. The summed E-state index contributed by atoms with van der Waals surface area (Å²) in [4.78, 5) is 40.3. The number of hydrogen-bond donors (Lipinski definition) is 0. The third-order valence-electron chi connectivity index (χ3n) is 3.52. The van der Waals surface area contributed by atoms with Crippen molar-refractivity contribution in [3.63, 3.8) is 0 Å². The summed E-state index contributed by atoms with van der Waals surface area (Å²) in [5.41, 5.74) is 0.901. The molecule has 1 aromatic carbocycles. The summed E-state index contributed by atoms with van der Waals surface area (Å²) in [6.45, 7) is 1.53. The Morgan fingerprint density at radius 1 is 1.00 bits per heavy atom. The Kier molecular flexibility index (Phi) is 4.37. The molecule has 2 rings (SSSR count). The van der Waals surface area contributed by atoms with Crippen molar-refractivity contribution in [2.45, 2.75) is 12.3 Å². The largest absolute Gasteiger partial charge is 0.373 e. The molecule has 0 saturated heterocycles. The van der Waals surface area contributed by atoms with Gasteiger partial charge in [-0.2, -0.15) is 0 Å². The second-order valence-electron chi connectivity index (χ2n) is 5.31. The van der Waals surface area contributed by atoms with Crippen LogP contribution in [-0.4, -0.2) is 53.8 Å². The zero-order valence-electron chi connectivity index (χ0n) is 12.9. The molecule has 1 aromatic rings. The molecule has 0 saturated carbocycles. The van der Waals surface area contributed by atoms with Gasteiger partial charge in [-0.25, -0.2) is 0 Å². The van der Waals surface area contributed by atoms with Crippen LogP contribution in [-0.2, 0) is 4.79 Å². The monoisotopic (exact) mass is 320 g/mol. The van der Waals surface area contributed by atoms with Crippen LogP contribution in [0.2, 0.25) is 0 Å². The van der Waals surface area contributed by atoms with Gasteiger partial charge in [-0.05, 0) is 6.92 Å². The number of allylic oxidation sites excluding steroid dienone is 2. The fourth-order valence-electron chi connectivity index (χ4n) is 2.45. The first-order chi connectivity index (χ1) is 10.3. The van der Waals surface area contributed by atoms with Crippen LogP contribution >= 0.6 is 11.6 Å². The van der Waals surface area contributed by atoms with Gasteiger partial charge in [-0.15, -0.1) is 11.6 Å². The van der Waals surface area contributed by atoms with Gasteiger partial charge in [0.25, 0.3) is 0 Å². The highest BCUT2D eigenvalue weighted by atomic mass is 35.5. The van der Waals surface area contributed by atoms with Crippen LogP contribution in [0.5, 0.6) is 0 Å². The molecule has 0 aliphatic heterocycles. The van der Waals surface area contributed by atoms with E-state index in [1.165, 1.54) is 18.9 Å². The van der Waals surface area contributed by atoms with Crippen molar-refractivity contribution in [1.29, 1.82) is 0 Å². The maximum Gasteiger partial charge on any atom is 0.244 e. The highest BCUT2D eigenvalue weighted by Gasteiger charge is 2.37. The summed E-state index contributed by atoms with van der Waals surface area (Å²) < 4.78 is 0. The molecular weight excluding hydrogens is 304 g/mol. The van der Waals surface area contributed by atoms with Crippen molar-refractivity contribution < 1.29 is 14.4 Å². The van der Waals surface area contributed by atoms with Gasteiger partial charge in [-0.3, -0.25) is 14.4 Å². The Labute approximate surface area is 134 Å². The summed E-state index contributed by atoms with van der Waals surface area (Å²) in [6, 6.07) is 6.60. The number of benzene rings is 1. The lowest BCUT2D eigenvalue weighted by Gasteiger charge is -2.30. The molecule has 6 heteroatoms. The van der Waals surface area contributed by atoms with Crippen molar-refractivity contribution in [1.82, 2.24) is 9.80 Å². The smallest absolute Gasteiger partial charge is 0.244 e. The molecular formula is C16H17ClN2O3. The molecule has 1 amide bonds. The third-order valence-corrected chi connectivity index (χ3v) is 3.71. The van der Waals surface area contributed by atoms with E-state index < -0.39 is 11.3 Å². The fourth-order valence-corrected chi connectivity index (χ4v) is 2.60. The van der Waals surface area contributed by atoms with Gasteiger partial charge in [0.05, 0.1) is 0 Å². The van der Waals surface area contributed by atoms with Gasteiger partial charge in [0, 0.05) is 32.3 Å². The Balaban J connectivity index is 2.66. The predicted octanol–water partition coefficient (Wildman–Crippen LogP) is 1.92. The number of hydrogen-bond acceptors (Lipinski definition) is 4. The molecule has 1 aliphatic carbocycles. The molecule has 1 unspecified atom stereocenters. The Morgan fingerprint density at radius 3 is 1.86 bits per heavy atom. The summed E-state index contributed by atoms with van der Waals surface area (Å²) >= 11 is 5.83. The molecule has 0 bridgehead atoms. The van der Waals surface area contributed by atoms with Crippen LogP contribution in [0.1, 0.15) is 27.6 Å².